The highest BCUT2D eigenvalue weighted by atomic mass is 127. The van der Waals surface area contributed by atoms with Gasteiger partial charge in [-0.1, -0.05) is 0 Å². The molecule has 2 rings (SSSR count). The molecule has 1 heterocycles. The van der Waals surface area contributed by atoms with Crippen molar-refractivity contribution in [2.24, 2.45) is 5.92 Å². The molecule has 4 nitrogen and oxygen atoms in total. The molecule has 0 saturated heterocycles. The Labute approximate surface area is 101 Å². The summed E-state index contributed by atoms with van der Waals surface area (Å²) in [6.07, 6.45) is 3.92. The lowest BCUT2D eigenvalue weighted by Gasteiger charge is -2.08. The van der Waals surface area contributed by atoms with Crippen molar-refractivity contribution in [2.45, 2.75) is 32.9 Å². The molecule has 0 unspecified atom stereocenters. The molecule has 1 saturated carbocycles. The number of hydrogen-bond donors (Lipinski definition) is 0. The number of aromatic nitrogens is 2. The Morgan fingerprint density at radius 1 is 1.47 bits per heavy atom. The molecule has 1 fully saturated rings. The van der Waals surface area contributed by atoms with E-state index in [4.69, 9.17) is 0 Å². The quantitative estimate of drug-likeness (QED) is 0.781. The minimum atomic E-state index is -0.171. The van der Waals surface area contributed by atoms with Crippen LogP contribution >= 0.6 is 22.6 Å². The van der Waals surface area contributed by atoms with E-state index in [1.807, 2.05) is 29.5 Å². The van der Waals surface area contributed by atoms with Crippen LogP contribution in [0.15, 0.2) is 15.8 Å². The van der Waals surface area contributed by atoms with Crippen molar-refractivity contribution in [2.75, 3.05) is 0 Å². The normalized spacial score (nSPS) is 15.6. The Bertz CT molecular complexity index is 485. The van der Waals surface area contributed by atoms with Gasteiger partial charge in [-0.3, -0.25) is 13.9 Å². The Balaban J connectivity index is 2.53. The lowest BCUT2D eigenvalue weighted by Crippen LogP contribution is -2.41. The first-order valence-electron chi connectivity index (χ1n) is 5.13. The SMILES string of the molecule is CCn1cc(I)c(=O)n(CC2CC2)c1=O. The summed E-state index contributed by atoms with van der Waals surface area (Å²) < 4.78 is 3.59. The van der Waals surface area contributed by atoms with Crippen molar-refractivity contribution in [1.82, 2.24) is 9.13 Å². The smallest absolute Gasteiger partial charge is 0.300 e. The van der Waals surface area contributed by atoms with Gasteiger partial charge < -0.3 is 0 Å². The zero-order valence-electron chi connectivity index (χ0n) is 8.57. The van der Waals surface area contributed by atoms with E-state index in [1.165, 1.54) is 4.57 Å². The van der Waals surface area contributed by atoms with Gasteiger partial charge in [0.05, 0.1) is 3.57 Å². The van der Waals surface area contributed by atoms with Crippen molar-refractivity contribution < 1.29 is 0 Å². The fraction of sp³-hybridized carbons (Fsp3) is 0.600. The molecule has 0 radical (unpaired) electrons. The van der Waals surface area contributed by atoms with Crippen molar-refractivity contribution in [1.29, 1.82) is 0 Å². The van der Waals surface area contributed by atoms with Gasteiger partial charge in [0.2, 0.25) is 0 Å². The second-order valence-electron chi connectivity index (χ2n) is 3.90. The molecule has 15 heavy (non-hydrogen) atoms. The second kappa shape index (κ2) is 4.11. The molecule has 1 aromatic rings. The lowest BCUT2D eigenvalue weighted by atomic mass is 10.4. The fourth-order valence-electron chi connectivity index (χ4n) is 1.56. The molecule has 1 aliphatic carbocycles. The monoisotopic (exact) mass is 320 g/mol. The van der Waals surface area contributed by atoms with Crippen LogP contribution in [0.25, 0.3) is 0 Å². The largest absolute Gasteiger partial charge is 0.331 e. The topological polar surface area (TPSA) is 44.0 Å². The predicted molar refractivity (Wildman–Crippen MR) is 66.1 cm³/mol. The van der Waals surface area contributed by atoms with Crippen LogP contribution in [-0.2, 0) is 13.1 Å². The van der Waals surface area contributed by atoms with Crippen LogP contribution in [0.3, 0.4) is 0 Å². The van der Waals surface area contributed by atoms with E-state index >= 15 is 0 Å². The first-order valence-corrected chi connectivity index (χ1v) is 6.21. The highest BCUT2D eigenvalue weighted by Crippen LogP contribution is 2.29. The summed E-state index contributed by atoms with van der Waals surface area (Å²) in [5, 5.41) is 0. The van der Waals surface area contributed by atoms with Gasteiger partial charge in [-0.25, -0.2) is 4.79 Å². The summed E-state index contributed by atoms with van der Waals surface area (Å²) in [6, 6.07) is 0. The summed E-state index contributed by atoms with van der Waals surface area (Å²) >= 11 is 1.99. The molecule has 1 aromatic heterocycles. The van der Waals surface area contributed by atoms with Crippen LogP contribution in [-0.4, -0.2) is 9.13 Å². The maximum absolute atomic E-state index is 11.9. The fourth-order valence-corrected chi connectivity index (χ4v) is 2.19. The van der Waals surface area contributed by atoms with E-state index in [1.54, 1.807) is 10.8 Å². The zero-order valence-corrected chi connectivity index (χ0v) is 10.7. The van der Waals surface area contributed by atoms with Crippen LogP contribution in [0.2, 0.25) is 0 Å². The van der Waals surface area contributed by atoms with Crippen molar-refractivity contribution in [3.63, 3.8) is 0 Å². The Kier molecular flexibility index (Phi) is 2.99. The van der Waals surface area contributed by atoms with Gasteiger partial charge >= 0.3 is 5.69 Å². The minimum Gasteiger partial charge on any atom is -0.300 e. The summed E-state index contributed by atoms with van der Waals surface area (Å²) in [7, 11) is 0. The average Bonchev–Trinajstić information content (AvgIpc) is 3.02. The molecule has 0 amide bonds. The Morgan fingerprint density at radius 2 is 2.13 bits per heavy atom. The molecule has 0 aliphatic heterocycles. The maximum atomic E-state index is 11.9. The average molecular weight is 320 g/mol. The van der Waals surface area contributed by atoms with E-state index < -0.39 is 0 Å². The first-order chi connectivity index (χ1) is 7.13. The molecule has 0 spiro atoms. The molecule has 0 bridgehead atoms. The summed E-state index contributed by atoms with van der Waals surface area (Å²) in [4.78, 5) is 23.6. The van der Waals surface area contributed by atoms with E-state index in [0.29, 0.717) is 22.6 Å². The van der Waals surface area contributed by atoms with Crippen LogP contribution in [0.5, 0.6) is 0 Å². The zero-order chi connectivity index (χ0) is 11.0. The highest BCUT2D eigenvalue weighted by molar-refractivity contribution is 14.1. The molecule has 0 aromatic carbocycles. The third-order valence-electron chi connectivity index (χ3n) is 2.67. The van der Waals surface area contributed by atoms with Gasteiger partial charge in [0.25, 0.3) is 5.56 Å². The molecular weight excluding hydrogens is 307 g/mol. The maximum Gasteiger partial charge on any atom is 0.331 e. The molecule has 1 aliphatic rings. The first kappa shape index (κ1) is 10.9. The van der Waals surface area contributed by atoms with Gasteiger partial charge in [-0.05, 0) is 48.3 Å². The molecule has 5 heteroatoms. The standard InChI is InChI=1S/C10H13IN2O2/c1-2-12-6-8(11)9(14)13(10(12)15)5-7-3-4-7/h6-7H,2-5H2,1H3. The molecular formula is C10H13IN2O2. The van der Waals surface area contributed by atoms with E-state index in [-0.39, 0.29) is 11.2 Å². The predicted octanol–water partition coefficient (Wildman–Crippen LogP) is 1.04. The molecule has 0 N–H and O–H groups in total. The number of rotatable bonds is 3. The summed E-state index contributed by atoms with van der Waals surface area (Å²) in [5.41, 5.74) is -0.313. The van der Waals surface area contributed by atoms with Crippen molar-refractivity contribution >= 4 is 22.6 Å². The van der Waals surface area contributed by atoms with Crippen LogP contribution in [0, 0.1) is 9.49 Å². The Morgan fingerprint density at radius 3 is 2.67 bits per heavy atom. The van der Waals surface area contributed by atoms with E-state index in [0.717, 1.165) is 12.8 Å². The van der Waals surface area contributed by atoms with Gasteiger partial charge in [0.1, 0.15) is 0 Å². The third kappa shape index (κ3) is 2.16. The Hall–Kier alpha value is -0.590. The van der Waals surface area contributed by atoms with Gasteiger partial charge in [0, 0.05) is 19.3 Å². The van der Waals surface area contributed by atoms with Gasteiger partial charge in [0.15, 0.2) is 0 Å². The van der Waals surface area contributed by atoms with E-state index in [2.05, 4.69) is 0 Å². The van der Waals surface area contributed by atoms with E-state index in [9.17, 15) is 9.59 Å². The van der Waals surface area contributed by atoms with Crippen molar-refractivity contribution in [3.8, 4) is 0 Å². The van der Waals surface area contributed by atoms with Crippen LogP contribution in [0.1, 0.15) is 19.8 Å². The van der Waals surface area contributed by atoms with Crippen LogP contribution < -0.4 is 11.2 Å². The van der Waals surface area contributed by atoms with Gasteiger partial charge in [-0.15, -0.1) is 0 Å². The van der Waals surface area contributed by atoms with Gasteiger partial charge in [-0.2, -0.15) is 0 Å². The lowest BCUT2D eigenvalue weighted by molar-refractivity contribution is 0.529. The number of halogens is 1. The number of hydrogen-bond acceptors (Lipinski definition) is 2. The number of aryl methyl sites for hydroxylation is 1. The summed E-state index contributed by atoms with van der Waals surface area (Å²) in [5.74, 6) is 0.541. The van der Waals surface area contributed by atoms with Crippen LogP contribution in [0.4, 0.5) is 0 Å². The number of nitrogens with zero attached hydrogens (tertiary/aromatic N) is 2. The third-order valence-corrected chi connectivity index (χ3v) is 3.41. The minimum absolute atomic E-state index is 0.141. The van der Waals surface area contributed by atoms with Crippen molar-refractivity contribution in [3.05, 3.63) is 30.6 Å². The molecule has 0 atom stereocenters. The summed E-state index contributed by atoms with van der Waals surface area (Å²) in [6.45, 7) is 3.11. The second-order valence-corrected chi connectivity index (χ2v) is 5.07. The highest BCUT2D eigenvalue weighted by Gasteiger charge is 2.23. The molecule has 82 valence electrons.